The Hall–Kier alpha value is -0.660. The summed E-state index contributed by atoms with van der Waals surface area (Å²) in [4.78, 5) is 0. The molecule has 2 saturated carbocycles. The molecule has 0 aromatic rings. The summed E-state index contributed by atoms with van der Waals surface area (Å²) < 4.78 is 28.5. The molecule has 0 amide bonds. The van der Waals surface area contributed by atoms with Crippen LogP contribution >= 0.6 is 0 Å². The normalized spacial score (nSPS) is 41.6. The molecule has 3 aliphatic rings. The first kappa shape index (κ1) is 17.2. The number of hydrogen-bond acceptors (Lipinski definition) is 0. The van der Waals surface area contributed by atoms with Gasteiger partial charge in [0.15, 0.2) is 0 Å². The number of alkyl halides is 1. The summed E-state index contributed by atoms with van der Waals surface area (Å²) in [5.41, 5.74) is -1.43. The number of rotatable bonds is 4. The van der Waals surface area contributed by atoms with Crippen LogP contribution in [0.5, 0.6) is 0 Å². The van der Waals surface area contributed by atoms with E-state index in [1.54, 1.807) is 6.08 Å². The first-order valence-corrected chi connectivity index (χ1v) is 9.84. The van der Waals surface area contributed by atoms with Crippen molar-refractivity contribution < 1.29 is 8.78 Å². The van der Waals surface area contributed by atoms with E-state index in [1.807, 2.05) is 0 Å². The highest BCUT2D eigenvalue weighted by Gasteiger charge is 2.41. The lowest BCUT2D eigenvalue weighted by Gasteiger charge is -2.41. The van der Waals surface area contributed by atoms with Gasteiger partial charge in [-0.2, -0.15) is 0 Å². The molecule has 1 atom stereocenters. The minimum atomic E-state index is -1.43. The first-order chi connectivity index (χ1) is 11.1. The summed E-state index contributed by atoms with van der Waals surface area (Å²) in [6, 6.07) is 0. The minimum Gasteiger partial charge on any atom is -0.239 e. The smallest absolute Gasteiger partial charge is 0.138 e. The van der Waals surface area contributed by atoms with Gasteiger partial charge in [-0.25, -0.2) is 8.78 Å². The van der Waals surface area contributed by atoms with Crippen molar-refractivity contribution in [3.05, 3.63) is 24.1 Å². The average molecular weight is 322 g/mol. The van der Waals surface area contributed by atoms with Gasteiger partial charge in [0.1, 0.15) is 11.5 Å². The zero-order valence-electron chi connectivity index (χ0n) is 14.6. The van der Waals surface area contributed by atoms with Crippen LogP contribution in [0.4, 0.5) is 8.78 Å². The number of halogens is 2. The third kappa shape index (κ3) is 4.06. The van der Waals surface area contributed by atoms with Crippen LogP contribution in [0.15, 0.2) is 24.1 Å². The summed E-state index contributed by atoms with van der Waals surface area (Å²) in [5, 5.41) is 0. The average Bonchev–Trinajstić information content (AvgIpc) is 2.56. The summed E-state index contributed by atoms with van der Waals surface area (Å²) in [7, 11) is 0. The molecule has 0 radical (unpaired) electrons. The Balaban J connectivity index is 1.48. The number of hydrogen-bond donors (Lipinski definition) is 0. The second-order valence-electron chi connectivity index (χ2n) is 8.24. The molecule has 1 unspecified atom stereocenters. The Morgan fingerprint density at radius 3 is 2.17 bits per heavy atom. The first-order valence-electron chi connectivity index (χ1n) is 9.84. The van der Waals surface area contributed by atoms with Gasteiger partial charge in [0.2, 0.25) is 0 Å². The highest BCUT2D eigenvalue weighted by Crippen LogP contribution is 2.47. The molecule has 0 heterocycles. The van der Waals surface area contributed by atoms with E-state index in [9.17, 15) is 4.39 Å². The lowest BCUT2D eigenvalue weighted by Crippen LogP contribution is -2.36. The maximum absolute atomic E-state index is 15.0. The van der Waals surface area contributed by atoms with Gasteiger partial charge in [-0.05, 0) is 74.3 Å². The van der Waals surface area contributed by atoms with Crippen LogP contribution in [0.1, 0.15) is 77.6 Å². The van der Waals surface area contributed by atoms with E-state index in [2.05, 4.69) is 6.92 Å². The Morgan fingerprint density at radius 2 is 1.61 bits per heavy atom. The van der Waals surface area contributed by atoms with Gasteiger partial charge >= 0.3 is 0 Å². The summed E-state index contributed by atoms with van der Waals surface area (Å²) in [6.45, 7) is 2.29. The van der Waals surface area contributed by atoms with Crippen LogP contribution in [0.2, 0.25) is 0 Å². The van der Waals surface area contributed by atoms with Crippen molar-refractivity contribution >= 4 is 0 Å². The zero-order chi connectivity index (χ0) is 16.3. The summed E-state index contributed by atoms with van der Waals surface area (Å²) >= 11 is 0. The highest BCUT2D eigenvalue weighted by atomic mass is 19.1. The molecule has 130 valence electrons. The monoisotopic (exact) mass is 322 g/mol. The fraction of sp³-hybridized carbons (Fsp3) is 0.810. The van der Waals surface area contributed by atoms with Crippen LogP contribution in [-0.4, -0.2) is 5.67 Å². The van der Waals surface area contributed by atoms with Crippen LogP contribution in [0.25, 0.3) is 0 Å². The van der Waals surface area contributed by atoms with Gasteiger partial charge in [0, 0.05) is 6.42 Å². The van der Waals surface area contributed by atoms with Crippen LogP contribution < -0.4 is 0 Å². The Bertz CT molecular complexity index is 437. The third-order valence-corrected chi connectivity index (χ3v) is 6.79. The fourth-order valence-electron chi connectivity index (χ4n) is 5.40. The van der Waals surface area contributed by atoms with Gasteiger partial charge in [0.25, 0.3) is 0 Å². The van der Waals surface area contributed by atoms with Gasteiger partial charge in [0.05, 0.1) is 0 Å². The second kappa shape index (κ2) is 7.49. The van der Waals surface area contributed by atoms with E-state index >= 15 is 4.39 Å². The molecule has 0 spiro atoms. The topological polar surface area (TPSA) is 0 Å². The molecular formula is C21H32F2. The Kier molecular flexibility index (Phi) is 5.59. The Morgan fingerprint density at radius 1 is 1.00 bits per heavy atom. The molecular weight excluding hydrogens is 290 g/mol. The van der Waals surface area contributed by atoms with Crippen molar-refractivity contribution in [2.75, 3.05) is 0 Å². The van der Waals surface area contributed by atoms with Crippen molar-refractivity contribution in [1.29, 1.82) is 0 Å². The van der Waals surface area contributed by atoms with Gasteiger partial charge in [-0.15, -0.1) is 0 Å². The van der Waals surface area contributed by atoms with Gasteiger partial charge < -0.3 is 0 Å². The predicted octanol–water partition coefficient (Wildman–Crippen LogP) is 6.92. The van der Waals surface area contributed by atoms with Gasteiger partial charge in [-0.1, -0.05) is 38.7 Å². The lowest BCUT2D eigenvalue weighted by molar-refractivity contribution is 0.0658. The largest absolute Gasteiger partial charge is 0.239 e. The zero-order valence-corrected chi connectivity index (χ0v) is 14.6. The van der Waals surface area contributed by atoms with Crippen LogP contribution in [-0.2, 0) is 0 Å². The highest BCUT2D eigenvalue weighted by molar-refractivity contribution is 5.24. The molecule has 3 aliphatic carbocycles. The molecule has 0 N–H and O–H groups in total. The number of allylic oxidation sites excluding steroid dienone is 4. The molecule has 0 nitrogen and oxygen atoms in total. The van der Waals surface area contributed by atoms with Crippen molar-refractivity contribution in [2.45, 2.75) is 83.2 Å². The molecule has 0 aliphatic heterocycles. The van der Waals surface area contributed by atoms with Crippen molar-refractivity contribution in [1.82, 2.24) is 0 Å². The van der Waals surface area contributed by atoms with E-state index in [0.29, 0.717) is 6.42 Å². The van der Waals surface area contributed by atoms with Crippen molar-refractivity contribution in [3.63, 3.8) is 0 Å². The van der Waals surface area contributed by atoms with Crippen molar-refractivity contribution in [2.24, 2.45) is 23.7 Å². The second-order valence-corrected chi connectivity index (χ2v) is 8.24. The Labute approximate surface area is 140 Å². The fourth-order valence-corrected chi connectivity index (χ4v) is 5.40. The van der Waals surface area contributed by atoms with E-state index < -0.39 is 11.5 Å². The molecule has 0 bridgehead atoms. The van der Waals surface area contributed by atoms with E-state index in [4.69, 9.17) is 0 Å². The van der Waals surface area contributed by atoms with E-state index in [0.717, 1.165) is 43.4 Å². The maximum atomic E-state index is 15.0. The maximum Gasteiger partial charge on any atom is 0.138 e. The SMILES string of the molecule is CCCC1CCC(C2CCC(C3(F)C=C(F)C=CC3)CC2)CC1. The van der Waals surface area contributed by atoms with Crippen LogP contribution in [0, 0.1) is 23.7 Å². The molecule has 0 aromatic carbocycles. The molecule has 2 fully saturated rings. The molecule has 2 heteroatoms. The standard InChI is InChI=1S/C21H32F2/c1-2-4-16-6-8-17(9-7-16)18-10-12-19(13-11-18)21(23)14-3-5-20(22)15-21/h3,5,15-19H,2,4,6-14H2,1H3. The van der Waals surface area contributed by atoms with E-state index in [1.165, 1.54) is 50.7 Å². The van der Waals surface area contributed by atoms with Crippen LogP contribution in [0.3, 0.4) is 0 Å². The molecule has 23 heavy (non-hydrogen) atoms. The predicted molar refractivity (Wildman–Crippen MR) is 92.6 cm³/mol. The summed E-state index contributed by atoms with van der Waals surface area (Å²) in [5.74, 6) is 2.26. The van der Waals surface area contributed by atoms with Crippen molar-refractivity contribution in [3.8, 4) is 0 Å². The van der Waals surface area contributed by atoms with E-state index in [-0.39, 0.29) is 5.92 Å². The molecule has 0 saturated heterocycles. The third-order valence-electron chi connectivity index (χ3n) is 6.79. The lowest BCUT2D eigenvalue weighted by atomic mass is 9.66. The molecule has 3 rings (SSSR count). The summed E-state index contributed by atoms with van der Waals surface area (Å²) in [6.07, 6.45) is 17.1. The molecule has 0 aromatic heterocycles. The quantitative estimate of drug-likeness (QED) is 0.527. The van der Waals surface area contributed by atoms with Gasteiger partial charge in [-0.3, -0.25) is 0 Å². The minimum absolute atomic E-state index is 0.0193.